The molecule has 3 rings (SSSR count). The van der Waals surface area contributed by atoms with Crippen LogP contribution in [0.15, 0.2) is 42.5 Å². The minimum atomic E-state index is -4.42. The fraction of sp³-hybridized carbons (Fsp3) is 0.188. The zero-order valence-electron chi connectivity index (χ0n) is 12.0. The van der Waals surface area contributed by atoms with Gasteiger partial charge in [-0.05, 0) is 36.4 Å². The molecule has 1 saturated heterocycles. The molecule has 2 nitrogen and oxygen atoms in total. The predicted molar refractivity (Wildman–Crippen MR) is 90.6 cm³/mol. The molecule has 0 aromatic heterocycles. The summed E-state index contributed by atoms with van der Waals surface area (Å²) >= 11 is 13.5. The van der Waals surface area contributed by atoms with E-state index in [1.807, 2.05) is 0 Å². The first-order chi connectivity index (χ1) is 11.3. The summed E-state index contributed by atoms with van der Waals surface area (Å²) < 4.78 is 38.1. The lowest BCUT2D eigenvalue weighted by Gasteiger charge is -2.25. The van der Waals surface area contributed by atoms with E-state index in [1.54, 1.807) is 18.2 Å². The highest BCUT2D eigenvalue weighted by Gasteiger charge is 2.36. The molecular formula is C16H10Cl2F3NOS. The number of hydrogen-bond acceptors (Lipinski definition) is 2. The Morgan fingerprint density at radius 2 is 1.75 bits per heavy atom. The summed E-state index contributed by atoms with van der Waals surface area (Å²) in [4.78, 5) is 13.7. The van der Waals surface area contributed by atoms with Crippen LogP contribution in [0.25, 0.3) is 0 Å². The Morgan fingerprint density at radius 1 is 1.08 bits per heavy atom. The molecule has 0 radical (unpaired) electrons. The summed E-state index contributed by atoms with van der Waals surface area (Å²) in [6, 6.07) is 9.48. The first kappa shape index (κ1) is 17.5. The number of thioether (sulfide) groups is 1. The topological polar surface area (TPSA) is 20.3 Å². The fourth-order valence-corrected chi connectivity index (χ4v) is 4.24. The molecule has 1 aliphatic heterocycles. The highest BCUT2D eigenvalue weighted by atomic mass is 35.5. The second-order valence-corrected chi connectivity index (χ2v) is 7.05. The van der Waals surface area contributed by atoms with Gasteiger partial charge in [0.25, 0.3) is 0 Å². The van der Waals surface area contributed by atoms with Crippen molar-refractivity contribution in [3.05, 3.63) is 63.6 Å². The van der Waals surface area contributed by atoms with Gasteiger partial charge in [0.1, 0.15) is 5.37 Å². The Hall–Kier alpha value is -1.37. The highest BCUT2D eigenvalue weighted by Crippen LogP contribution is 2.44. The van der Waals surface area contributed by atoms with Crippen LogP contribution in [0, 0.1) is 0 Å². The van der Waals surface area contributed by atoms with E-state index in [0.29, 0.717) is 21.3 Å². The van der Waals surface area contributed by atoms with Gasteiger partial charge < -0.3 is 0 Å². The Balaban J connectivity index is 1.96. The summed E-state index contributed by atoms with van der Waals surface area (Å²) in [6.45, 7) is 0. The van der Waals surface area contributed by atoms with E-state index >= 15 is 0 Å². The third-order valence-corrected chi connectivity index (χ3v) is 5.33. The van der Waals surface area contributed by atoms with E-state index in [0.717, 1.165) is 12.1 Å². The monoisotopic (exact) mass is 391 g/mol. The van der Waals surface area contributed by atoms with Gasteiger partial charge in [0.2, 0.25) is 5.91 Å². The van der Waals surface area contributed by atoms with Crippen molar-refractivity contribution < 1.29 is 18.0 Å². The minimum absolute atomic E-state index is 0.184. The molecule has 0 spiro atoms. The molecule has 1 amide bonds. The van der Waals surface area contributed by atoms with Crippen LogP contribution in [-0.2, 0) is 11.0 Å². The molecule has 1 aliphatic rings. The maximum absolute atomic E-state index is 12.7. The molecule has 2 aromatic rings. The summed E-state index contributed by atoms with van der Waals surface area (Å²) in [5.41, 5.74) is 0.331. The predicted octanol–water partition coefficient (Wildman–Crippen LogP) is 5.79. The number of hydrogen-bond donors (Lipinski definition) is 0. The summed E-state index contributed by atoms with van der Waals surface area (Å²) in [5, 5.41) is 0.477. The molecule has 0 saturated carbocycles. The van der Waals surface area contributed by atoms with Crippen LogP contribution >= 0.6 is 35.0 Å². The van der Waals surface area contributed by atoms with Crippen molar-refractivity contribution in [3.63, 3.8) is 0 Å². The number of benzene rings is 2. The van der Waals surface area contributed by atoms with Crippen molar-refractivity contribution in [2.45, 2.75) is 11.6 Å². The maximum atomic E-state index is 12.7. The van der Waals surface area contributed by atoms with E-state index in [-0.39, 0.29) is 11.7 Å². The number of rotatable bonds is 2. The lowest BCUT2D eigenvalue weighted by atomic mass is 10.1. The van der Waals surface area contributed by atoms with Gasteiger partial charge in [-0.2, -0.15) is 13.2 Å². The number of carbonyl (C=O) groups excluding carboxylic acids is 1. The summed E-state index contributed by atoms with van der Waals surface area (Å²) in [5.74, 6) is 0.0424. The van der Waals surface area contributed by atoms with Gasteiger partial charge in [-0.3, -0.25) is 9.69 Å². The number of halogens is 5. The van der Waals surface area contributed by atoms with Crippen molar-refractivity contribution in [1.82, 2.24) is 0 Å². The second kappa shape index (κ2) is 6.50. The Morgan fingerprint density at radius 3 is 2.33 bits per heavy atom. The minimum Gasteiger partial charge on any atom is -0.295 e. The van der Waals surface area contributed by atoms with Crippen molar-refractivity contribution in [1.29, 1.82) is 0 Å². The lowest BCUT2D eigenvalue weighted by molar-refractivity contribution is -0.137. The van der Waals surface area contributed by atoms with Crippen LogP contribution in [-0.4, -0.2) is 11.7 Å². The SMILES string of the molecule is O=C1CS[C@@H](c2ccc(Cl)cc2Cl)N1c1ccc(C(F)(F)F)cc1. The molecule has 0 bridgehead atoms. The van der Waals surface area contributed by atoms with E-state index in [4.69, 9.17) is 23.2 Å². The van der Waals surface area contributed by atoms with Gasteiger partial charge in [-0.1, -0.05) is 29.3 Å². The number of carbonyl (C=O) groups is 1. The molecule has 2 aromatic carbocycles. The van der Waals surface area contributed by atoms with Crippen LogP contribution in [0.4, 0.5) is 18.9 Å². The van der Waals surface area contributed by atoms with Gasteiger partial charge in [0.15, 0.2) is 0 Å². The smallest absolute Gasteiger partial charge is 0.295 e. The van der Waals surface area contributed by atoms with E-state index in [9.17, 15) is 18.0 Å². The molecule has 1 fully saturated rings. The average Bonchev–Trinajstić information content (AvgIpc) is 2.88. The number of amides is 1. The maximum Gasteiger partial charge on any atom is 0.416 e. The van der Waals surface area contributed by atoms with Gasteiger partial charge in [-0.15, -0.1) is 11.8 Å². The van der Waals surface area contributed by atoms with Gasteiger partial charge in [0.05, 0.1) is 11.3 Å². The Labute approximate surface area is 150 Å². The Kier molecular flexibility index (Phi) is 4.73. The van der Waals surface area contributed by atoms with Crippen LogP contribution in [0.1, 0.15) is 16.5 Å². The normalized spacial score (nSPS) is 18.3. The fourth-order valence-electron chi connectivity index (χ4n) is 2.45. The quantitative estimate of drug-likeness (QED) is 0.645. The third kappa shape index (κ3) is 3.36. The van der Waals surface area contributed by atoms with Crippen molar-refractivity contribution in [2.24, 2.45) is 0 Å². The zero-order chi connectivity index (χ0) is 17.5. The van der Waals surface area contributed by atoms with E-state index in [1.165, 1.54) is 28.8 Å². The highest BCUT2D eigenvalue weighted by molar-refractivity contribution is 8.00. The van der Waals surface area contributed by atoms with Crippen LogP contribution < -0.4 is 4.90 Å². The standard InChI is InChI=1S/C16H10Cl2F3NOS/c17-10-3-6-12(13(18)7-10)15-22(14(23)8-24-15)11-4-1-9(2-5-11)16(19,20)21/h1-7,15H,8H2/t15-/m0/s1. The van der Waals surface area contributed by atoms with Gasteiger partial charge in [-0.25, -0.2) is 0 Å². The number of nitrogens with zero attached hydrogens (tertiary/aromatic N) is 1. The zero-order valence-corrected chi connectivity index (χ0v) is 14.3. The summed E-state index contributed by atoms with van der Waals surface area (Å²) in [7, 11) is 0. The van der Waals surface area contributed by atoms with E-state index in [2.05, 4.69) is 0 Å². The van der Waals surface area contributed by atoms with Crippen molar-refractivity contribution in [2.75, 3.05) is 10.7 Å². The molecule has 0 aliphatic carbocycles. The molecule has 24 heavy (non-hydrogen) atoms. The van der Waals surface area contributed by atoms with Crippen molar-refractivity contribution in [3.8, 4) is 0 Å². The largest absolute Gasteiger partial charge is 0.416 e. The molecule has 0 N–H and O–H groups in total. The first-order valence-electron chi connectivity index (χ1n) is 6.83. The second-order valence-electron chi connectivity index (χ2n) is 5.14. The molecule has 1 atom stereocenters. The average molecular weight is 392 g/mol. The first-order valence-corrected chi connectivity index (χ1v) is 8.64. The molecule has 8 heteroatoms. The van der Waals surface area contributed by atoms with Gasteiger partial charge >= 0.3 is 6.18 Å². The third-order valence-electron chi connectivity index (χ3n) is 3.57. The molecule has 126 valence electrons. The Bertz CT molecular complexity index is 780. The number of alkyl halides is 3. The molecule has 1 heterocycles. The van der Waals surface area contributed by atoms with Crippen LogP contribution in [0.3, 0.4) is 0 Å². The van der Waals surface area contributed by atoms with Crippen LogP contribution in [0.2, 0.25) is 10.0 Å². The van der Waals surface area contributed by atoms with Crippen molar-refractivity contribution >= 4 is 46.6 Å². The van der Waals surface area contributed by atoms with Gasteiger partial charge in [0, 0.05) is 21.3 Å². The lowest BCUT2D eigenvalue weighted by Crippen LogP contribution is -2.28. The summed E-state index contributed by atoms with van der Waals surface area (Å²) in [6.07, 6.45) is -4.42. The van der Waals surface area contributed by atoms with Crippen LogP contribution in [0.5, 0.6) is 0 Å². The number of anilines is 1. The molecular weight excluding hydrogens is 382 g/mol. The molecule has 0 unspecified atom stereocenters. The van der Waals surface area contributed by atoms with E-state index < -0.39 is 17.1 Å².